The van der Waals surface area contributed by atoms with Gasteiger partial charge in [0, 0.05) is 16.8 Å². The highest BCUT2D eigenvalue weighted by atomic mass is 16.3. The van der Waals surface area contributed by atoms with Crippen LogP contribution in [0.5, 0.6) is 0 Å². The highest BCUT2D eigenvalue weighted by Crippen LogP contribution is 2.57. The molecule has 0 radical (unpaired) electrons. The standard InChI is InChI=1S/C55H37NO/c1-4-17-38(18-5-1)40-21-14-25-44(35-40)56(45-26-15-22-41(36-45)39-19-6-2-7-20-39)51-31-16-32-53-54(51)48-37-43(33-34-52(48)57-53)55(42-23-8-3-9-24-42)49-29-12-10-27-46(49)47-28-11-13-30-50(47)55/h1-37H. The first kappa shape index (κ1) is 33.0. The van der Waals surface area contributed by atoms with Crippen molar-refractivity contribution >= 4 is 39.0 Å². The molecule has 268 valence electrons. The van der Waals surface area contributed by atoms with Crippen LogP contribution in [0.3, 0.4) is 0 Å². The number of benzene rings is 9. The van der Waals surface area contributed by atoms with Gasteiger partial charge < -0.3 is 9.32 Å². The van der Waals surface area contributed by atoms with E-state index in [-0.39, 0.29) is 0 Å². The maximum atomic E-state index is 6.77. The number of fused-ring (bicyclic) bond motifs is 6. The maximum absolute atomic E-state index is 6.77. The van der Waals surface area contributed by atoms with Gasteiger partial charge in [0.2, 0.25) is 0 Å². The predicted octanol–water partition coefficient (Wildman–Crippen LogP) is 14.8. The molecule has 1 aliphatic rings. The molecule has 0 atom stereocenters. The summed E-state index contributed by atoms with van der Waals surface area (Å²) < 4.78 is 6.77. The van der Waals surface area contributed by atoms with E-state index in [4.69, 9.17) is 4.42 Å². The normalized spacial score (nSPS) is 12.7. The first-order valence-electron chi connectivity index (χ1n) is 19.6. The summed E-state index contributed by atoms with van der Waals surface area (Å²) in [6.07, 6.45) is 0. The molecule has 1 heterocycles. The van der Waals surface area contributed by atoms with Crippen molar-refractivity contribution in [3.05, 3.63) is 247 Å². The van der Waals surface area contributed by atoms with E-state index in [0.29, 0.717) is 0 Å². The lowest BCUT2D eigenvalue weighted by molar-refractivity contribution is 0.668. The zero-order valence-corrected chi connectivity index (χ0v) is 31.2. The summed E-state index contributed by atoms with van der Waals surface area (Å²) >= 11 is 0. The molecule has 0 amide bonds. The van der Waals surface area contributed by atoms with Gasteiger partial charge in [0.1, 0.15) is 11.2 Å². The van der Waals surface area contributed by atoms with Crippen LogP contribution in [0, 0.1) is 0 Å². The van der Waals surface area contributed by atoms with Gasteiger partial charge in [0.05, 0.1) is 16.5 Å². The quantitative estimate of drug-likeness (QED) is 0.163. The molecule has 57 heavy (non-hydrogen) atoms. The van der Waals surface area contributed by atoms with Crippen LogP contribution in [0.2, 0.25) is 0 Å². The smallest absolute Gasteiger partial charge is 0.137 e. The molecule has 0 aliphatic heterocycles. The van der Waals surface area contributed by atoms with Gasteiger partial charge in [-0.2, -0.15) is 0 Å². The lowest BCUT2D eigenvalue weighted by atomic mass is 9.67. The molecule has 0 unspecified atom stereocenters. The summed E-state index contributed by atoms with van der Waals surface area (Å²) in [6.45, 7) is 0. The monoisotopic (exact) mass is 727 g/mol. The fourth-order valence-electron chi connectivity index (χ4n) is 9.28. The van der Waals surface area contributed by atoms with Gasteiger partial charge in [-0.1, -0.05) is 176 Å². The summed E-state index contributed by atoms with van der Waals surface area (Å²) in [5.41, 5.74) is 16.6. The number of rotatable bonds is 7. The van der Waals surface area contributed by atoms with Gasteiger partial charge >= 0.3 is 0 Å². The lowest BCUT2D eigenvalue weighted by Crippen LogP contribution is -2.28. The molecule has 1 aliphatic carbocycles. The third kappa shape index (κ3) is 5.26. The molecule has 9 aromatic carbocycles. The zero-order chi connectivity index (χ0) is 37.8. The molecule has 0 saturated heterocycles. The fourth-order valence-corrected chi connectivity index (χ4v) is 9.28. The molecule has 1 aromatic heterocycles. The third-order valence-corrected chi connectivity index (χ3v) is 11.7. The SMILES string of the molecule is c1ccc(-c2cccc(N(c3cccc(-c4ccccc4)c3)c3cccc4oc5ccc(C6(c7ccccc7)c7ccccc7-c7ccccc76)cc5c34)c2)cc1. The molecule has 0 saturated carbocycles. The van der Waals surface area contributed by atoms with Crippen LogP contribution in [-0.4, -0.2) is 0 Å². The van der Waals surface area contributed by atoms with E-state index in [2.05, 4.69) is 229 Å². The van der Waals surface area contributed by atoms with Gasteiger partial charge in [0.15, 0.2) is 0 Å². The Morgan fingerprint density at radius 1 is 0.351 bits per heavy atom. The van der Waals surface area contributed by atoms with Crippen LogP contribution < -0.4 is 4.90 Å². The first-order chi connectivity index (χ1) is 28.3. The average molecular weight is 728 g/mol. The topological polar surface area (TPSA) is 16.4 Å². The Labute approximate surface area is 332 Å². The second kappa shape index (κ2) is 13.4. The molecule has 11 rings (SSSR count). The van der Waals surface area contributed by atoms with E-state index >= 15 is 0 Å². The molecule has 0 N–H and O–H groups in total. The molecule has 0 fully saturated rings. The van der Waals surface area contributed by atoms with Crippen molar-refractivity contribution in [2.75, 3.05) is 4.90 Å². The summed E-state index contributed by atoms with van der Waals surface area (Å²) in [4.78, 5) is 2.40. The van der Waals surface area contributed by atoms with E-state index in [1.165, 1.54) is 44.5 Å². The number of nitrogens with zero attached hydrogens (tertiary/aromatic N) is 1. The van der Waals surface area contributed by atoms with Crippen LogP contribution in [0.25, 0.3) is 55.3 Å². The largest absolute Gasteiger partial charge is 0.456 e. The van der Waals surface area contributed by atoms with E-state index in [1.54, 1.807) is 0 Å². The summed E-state index contributed by atoms with van der Waals surface area (Å²) in [5.74, 6) is 0. The predicted molar refractivity (Wildman–Crippen MR) is 237 cm³/mol. The highest BCUT2D eigenvalue weighted by Gasteiger charge is 2.46. The van der Waals surface area contributed by atoms with E-state index in [9.17, 15) is 0 Å². The molecule has 10 aromatic rings. The van der Waals surface area contributed by atoms with Crippen molar-refractivity contribution < 1.29 is 4.42 Å². The van der Waals surface area contributed by atoms with Gasteiger partial charge in [-0.25, -0.2) is 0 Å². The van der Waals surface area contributed by atoms with Crippen LogP contribution in [-0.2, 0) is 5.41 Å². The van der Waals surface area contributed by atoms with E-state index in [1.807, 2.05) is 0 Å². The van der Waals surface area contributed by atoms with Gasteiger partial charge in [0.25, 0.3) is 0 Å². The average Bonchev–Trinajstić information content (AvgIpc) is 3.82. The maximum Gasteiger partial charge on any atom is 0.137 e. The molecular formula is C55H37NO. The number of hydrogen-bond acceptors (Lipinski definition) is 2. The Balaban J connectivity index is 1.18. The minimum Gasteiger partial charge on any atom is -0.456 e. The van der Waals surface area contributed by atoms with Crippen molar-refractivity contribution in [3.63, 3.8) is 0 Å². The zero-order valence-electron chi connectivity index (χ0n) is 31.2. The summed E-state index contributed by atoms with van der Waals surface area (Å²) in [7, 11) is 0. The summed E-state index contributed by atoms with van der Waals surface area (Å²) in [5, 5.41) is 2.16. The minimum absolute atomic E-state index is 0.519. The van der Waals surface area contributed by atoms with Crippen molar-refractivity contribution in [2.24, 2.45) is 0 Å². The minimum atomic E-state index is -0.519. The Hall–Kier alpha value is -7.42. The number of hydrogen-bond donors (Lipinski definition) is 0. The molecule has 0 bridgehead atoms. The Morgan fingerprint density at radius 2 is 0.860 bits per heavy atom. The molecular weight excluding hydrogens is 691 g/mol. The van der Waals surface area contributed by atoms with E-state index in [0.717, 1.165) is 50.1 Å². The van der Waals surface area contributed by atoms with Crippen LogP contribution in [0.15, 0.2) is 229 Å². The van der Waals surface area contributed by atoms with Crippen molar-refractivity contribution in [2.45, 2.75) is 5.41 Å². The molecule has 2 heteroatoms. The van der Waals surface area contributed by atoms with Gasteiger partial charge in [-0.05, 0) is 104 Å². The van der Waals surface area contributed by atoms with Gasteiger partial charge in [-0.3, -0.25) is 0 Å². The van der Waals surface area contributed by atoms with Crippen LogP contribution in [0.1, 0.15) is 22.3 Å². The summed E-state index contributed by atoms with van der Waals surface area (Å²) in [6, 6.07) is 81.1. The van der Waals surface area contributed by atoms with Crippen LogP contribution >= 0.6 is 0 Å². The second-order valence-corrected chi connectivity index (χ2v) is 14.8. The molecule has 0 spiro atoms. The number of furan rings is 1. The Kier molecular flexibility index (Phi) is 7.75. The fraction of sp³-hybridized carbons (Fsp3) is 0.0182. The van der Waals surface area contributed by atoms with Crippen molar-refractivity contribution in [1.82, 2.24) is 0 Å². The number of anilines is 3. The van der Waals surface area contributed by atoms with E-state index < -0.39 is 5.41 Å². The third-order valence-electron chi connectivity index (χ3n) is 11.7. The van der Waals surface area contributed by atoms with Gasteiger partial charge in [-0.15, -0.1) is 0 Å². The van der Waals surface area contributed by atoms with Crippen molar-refractivity contribution in [3.8, 4) is 33.4 Å². The second-order valence-electron chi connectivity index (χ2n) is 14.8. The Bertz CT molecular complexity index is 2940. The highest BCUT2D eigenvalue weighted by molar-refractivity contribution is 6.14. The van der Waals surface area contributed by atoms with Crippen molar-refractivity contribution in [1.29, 1.82) is 0 Å². The lowest BCUT2D eigenvalue weighted by Gasteiger charge is -2.34. The first-order valence-corrected chi connectivity index (χ1v) is 19.6. The van der Waals surface area contributed by atoms with Crippen LogP contribution in [0.4, 0.5) is 17.1 Å². The Morgan fingerprint density at radius 3 is 1.46 bits per heavy atom. The molecule has 2 nitrogen and oxygen atoms in total.